The van der Waals surface area contributed by atoms with Crippen LogP contribution in [0.25, 0.3) is 0 Å². The Morgan fingerprint density at radius 1 is 1.20 bits per heavy atom. The number of hydrogen-bond acceptors (Lipinski definition) is 0. The van der Waals surface area contributed by atoms with Gasteiger partial charge in [0.2, 0.25) is 0 Å². The molecule has 66 valence electrons. The number of rotatable bonds is 3. The average molecular weight is 395 g/mol. The van der Waals surface area contributed by atoms with Crippen molar-refractivity contribution in [3.63, 3.8) is 0 Å². The Labute approximate surface area is 94.9 Å². The molecule has 0 aliphatic rings. The Balaban J connectivity index is -0.000000105. The van der Waals surface area contributed by atoms with E-state index in [1.54, 1.807) is 0 Å². The van der Waals surface area contributed by atoms with Crippen molar-refractivity contribution in [1.29, 1.82) is 0 Å². The van der Waals surface area contributed by atoms with Crippen LogP contribution in [-0.4, -0.2) is 6.16 Å². The molecule has 0 N–H and O–H groups in total. The Kier molecular flexibility index (Phi) is 55.2. The van der Waals surface area contributed by atoms with Crippen molar-refractivity contribution in [2.24, 2.45) is 0 Å². The molecule has 0 amide bonds. The predicted octanol–water partition coefficient (Wildman–Crippen LogP) is 5.12. The van der Waals surface area contributed by atoms with Crippen LogP contribution in [-0.2, 0) is 0 Å². The van der Waals surface area contributed by atoms with Crippen LogP contribution in [0, 0.1) is 0 Å². The fourth-order valence-corrected chi connectivity index (χ4v) is 1.57. The summed E-state index contributed by atoms with van der Waals surface area (Å²) in [5, 5.41) is 0. The van der Waals surface area contributed by atoms with Crippen LogP contribution in [0.4, 0.5) is 0 Å². The molecule has 10 heavy (non-hydrogen) atoms. The zero-order valence-corrected chi connectivity index (χ0v) is 14.0. The topological polar surface area (TPSA) is 0 Å². The van der Waals surface area contributed by atoms with Gasteiger partial charge in [0.05, 0.1) is 0 Å². The van der Waals surface area contributed by atoms with Gasteiger partial charge in [0.1, 0.15) is 0 Å². The monoisotopic (exact) mass is 392 g/mol. The largest absolute Gasteiger partial charge is 0.0679 e. The van der Waals surface area contributed by atoms with Crippen LogP contribution in [0.2, 0.25) is 0 Å². The molecule has 0 aromatic carbocycles. The first kappa shape index (κ1) is 18.5. The highest BCUT2D eigenvalue weighted by Crippen LogP contribution is 2.20. The van der Waals surface area contributed by atoms with E-state index in [1.807, 2.05) is 0 Å². The van der Waals surface area contributed by atoms with Gasteiger partial charge in [0.15, 0.2) is 0 Å². The summed E-state index contributed by atoms with van der Waals surface area (Å²) in [4.78, 5) is 0. The van der Waals surface area contributed by atoms with Crippen molar-refractivity contribution in [3.05, 3.63) is 0 Å². The number of unbranched alkanes of at least 4 members (excludes halogenated alkanes) is 1. The quantitative estimate of drug-likeness (QED) is 0.460. The Morgan fingerprint density at radius 3 is 1.70 bits per heavy atom. The van der Waals surface area contributed by atoms with Crippen LogP contribution >= 0.6 is 69.6 Å². The van der Waals surface area contributed by atoms with E-state index in [2.05, 4.69) is 69.3 Å². The summed E-state index contributed by atoms with van der Waals surface area (Å²) < 4.78 is 0. The molecule has 0 radical (unpaired) electrons. The molecular formula is C4H14Br3P3. The first-order valence-electron chi connectivity index (χ1n) is 2.69. The molecular weight excluding hydrogens is 381 g/mol. The summed E-state index contributed by atoms with van der Waals surface area (Å²) >= 11 is 9.09. The Hall–Kier alpha value is 2.73. The molecule has 0 rings (SSSR count). The molecule has 0 spiro atoms. The van der Waals surface area contributed by atoms with Crippen molar-refractivity contribution >= 4 is 69.6 Å². The normalized spacial score (nSPS) is 7.80. The number of halogens is 3. The second-order valence-corrected chi connectivity index (χ2v) is 3.69. The molecule has 0 aliphatic heterocycles. The highest BCUT2D eigenvalue weighted by molar-refractivity contribution is 9.36. The lowest BCUT2D eigenvalue weighted by Gasteiger charge is -1.85. The van der Waals surface area contributed by atoms with Gasteiger partial charge in [0.25, 0.3) is 0 Å². The molecule has 0 bridgehead atoms. The maximum absolute atomic E-state index is 3.38. The van der Waals surface area contributed by atoms with E-state index in [0.29, 0.717) is 0 Å². The third kappa shape index (κ3) is 30.9. The van der Waals surface area contributed by atoms with E-state index in [0.717, 1.165) is 7.28 Å². The first-order valence-corrected chi connectivity index (χ1v) is 12.5. The molecule has 0 aromatic rings. The van der Waals surface area contributed by atoms with E-state index in [9.17, 15) is 0 Å². The van der Waals surface area contributed by atoms with Crippen LogP contribution in [0.3, 0.4) is 0 Å². The van der Waals surface area contributed by atoms with Crippen LogP contribution < -0.4 is 0 Å². The molecule has 0 saturated heterocycles. The third-order valence-corrected chi connectivity index (χ3v) is 2.36. The molecule has 0 aromatic heterocycles. The SMILES string of the molecule is CCCCPBr.PBr.PBr. The minimum absolute atomic E-state index is 0.977. The molecule has 3 unspecified atom stereocenters. The van der Waals surface area contributed by atoms with E-state index < -0.39 is 0 Å². The minimum Gasteiger partial charge on any atom is -0.0679 e. The predicted molar refractivity (Wildman–Crippen MR) is 74.3 cm³/mol. The lowest BCUT2D eigenvalue weighted by molar-refractivity contribution is 0.896. The second kappa shape index (κ2) is 29.8. The minimum atomic E-state index is 0.977. The van der Waals surface area contributed by atoms with E-state index in [-0.39, 0.29) is 0 Å². The van der Waals surface area contributed by atoms with E-state index in [4.69, 9.17) is 0 Å². The van der Waals surface area contributed by atoms with Crippen LogP contribution in [0.15, 0.2) is 0 Å². The van der Waals surface area contributed by atoms with E-state index >= 15 is 0 Å². The second-order valence-electron chi connectivity index (χ2n) is 1.24. The molecule has 0 heterocycles. The smallest absolute Gasteiger partial charge is 0.0255 e. The van der Waals surface area contributed by atoms with Crippen molar-refractivity contribution in [2.75, 3.05) is 6.16 Å². The third-order valence-electron chi connectivity index (χ3n) is 0.625. The molecule has 6 heteroatoms. The van der Waals surface area contributed by atoms with Crippen molar-refractivity contribution in [3.8, 4) is 0 Å². The molecule has 0 nitrogen and oxygen atoms in total. The summed E-state index contributed by atoms with van der Waals surface area (Å²) in [7, 11) is 5.44. The lowest BCUT2D eigenvalue weighted by Crippen LogP contribution is -1.66. The van der Waals surface area contributed by atoms with Crippen molar-refractivity contribution in [1.82, 2.24) is 0 Å². The Morgan fingerprint density at radius 2 is 1.60 bits per heavy atom. The maximum atomic E-state index is 3.38. The van der Waals surface area contributed by atoms with Crippen LogP contribution in [0.1, 0.15) is 19.8 Å². The Bertz CT molecular complexity index is 27.7. The number of hydrogen-bond donors (Lipinski definition) is 0. The lowest BCUT2D eigenvalue weighted by atomic mass is 10.4. The maximum Gasteiger partial charge on any atom is -0.0255 e. The van der Waals surface area contributed by atoms with Gasteiger partial charge >= 0.3 is 0 Å². The van der Waals surface area contributed by atoms with Gasteiger partial charge in [-0.1, -0.05) is 83.0 Å². The summed E-state index contributed by atoms with van der Waals surface area (Å²) in [5.74, 6) is 0. The van der Waals surface area contributed by atoms with Gasteiger partial charge < -0.3 is 0 Å². The average Bonchev–Trinajstić information content (AvgIpc) is 2.08. The van der Waals surface area contributed by atoms with Gasteiger partial charge in [-0.25, -0.2) is 0 Å². The van der Waals surface area contributed by atoms with Gasteiger partial charge in [-0.2, -0.15) is 0 Å². The van der Waals surface area contributed by atoms with Gasteiger partial charge in [-0.05, 0) is 12.6 Å². The summed E-state index contributed by atoms with van der Waals surface area (Å²) in [6.45, 7) is 2.22. The molecule has 0 aliphatic carbocycles. The van der Waals surface area contributed by atoms with Crippen LogP contribution in [0.5, 0.6) is 0 Å². The van der Waals surface area contributed by atoms with Gasteiger partial charge in [0, 0.05) is 0 Å². The standard InChI is InChI=1S/C4H10BrP.2BrH2P/c1-2-3-4-6-5;2*1-2/h6H,2-4H2,1H3;2*2H2. The zero-order valence-electron chi connectivity index (χ0n) is 5.91. The summed E-state index contributed by atoms with van der Waals surface area (Å²) in [6.07, 6.45) is 4.07. The fraction of sp³-hybridized carbons (Fsp3) is 1.00. The summed E-state index contributed by atoms with van der Waals surface area (Å²) in [5.41, 5.74) is 0. The van der Waals surface area contributed by atoms with Gasteiger partial charge in [-0.15, -0.1) is 0 Å². The fourth-order valence-electron chi connectivity index (χ4n) is 0.244. The molecule has 0 saturated carbocycles. The first-order chi connectivity index (χ1) is 4.91. The highest BCUT2D eigenvalue weighted by atomic mass is 79.9. The van der Waals surface area contributed by atoms with Gasteiger partial charge in [-0.3, -0.25) is 0 Å². The highest BCUT2D eigenvalue weighted by Gasteiger charge is 1.76. The summed E-state index contributed by atoms with van der Waals surface area (Å²) in [6, 6.07) is 0. The molecule has 3 atom stereocenters. The molecule has 0 fully saturated rings. The van der Waals surface area contributed by atoms with Crippen molar-refractivity contribution < 1.29 is 0 Å². The zero-order chi connectivity index (χ0) is 8.83. The van der Waals surface area contributed by atoms with Crippen molar-refractivity contribution in [2.45, 2.75) is 19.8 Å². The van der Waals surface area contributed by atoms with E-state index in [1.165, 1.54) is 19.0 Å².